The summed E-state index contributed by atoms with van der Waals surface area (Å²) in [5.74, 6) is 0.498. The van der Waals surface area contributed by atoms with Crippen LogP contribution in [0.1, 0.15) is 83.7 Å². The zero-order chi connectivity index (χ0) is 21.7. The van der Waals surface area contributed by atoms with E-state index in [1.165, 1.54) is 0 Å². The first-order valence-electron chi connectivity index (χ1n) is 10.5. The van der Waals surface area contributed by atoms with Crippen LogP contribution in [0.4, 0.5) is 0 Å². The number of unbranched alkanes of at least 4 members (excludes halogenated alkanes) is 4. The zero-order valence-corrected chi connectivity index (χ0v) is 18.7. The number of rotatable bonds is 15. The van der Waals surface area contributed by atoms with Crippen LogP contribution in [0.5, 0.6) is 5.75 Å². The zero-order valence-electron chi connectivity index (χ0n) is 17.8. The molecule has 3 N–H and O–H groups in total. The molecule has 0 bridgehead atoms. The van der Waals surface area contributed by atoms with E-state index in [9.17, 15) is 9.36 Å². The summed E-state index contributed by atoms with van der Waals surface area (Å²) in [4.78, 5) is 30.5. The number of ether oxygens (including phenoxy) is 1. The summed E-state index contributed by atoms with van der Waals surface area (Å²) in [6.07, 6.45) is 7.39. The Morgan fingerprint density at radius 2 is 1.79 bits per heavy atom. The molecule has 0 aliphatic heterocycles. The molecule has 0 spiro atoms. The fourth-order valence-corrected chi connectivity index (χ4v) is 3.34. The van der Waals surface area contributed by atoms with Crippen molar-refractivity contribution in [2.24, 2.45) is 0 Å². The lowest BCUT2D eigenvalue weighted by atomic mass is 10.1. The molecule has 8 heteroatoms. The van der Waals surface area contributed by atoms with Gasteiger partial charge in [-0.3, -0.25) is 9.32 Å². The van der Waals surface area contributed by atoms with Crippen LogP contribution in [0.25, 0.3) is 0 Å². The molecule has 0 heterocycles. The van der Waals surface area contributed by atoms with Crippen LogP contribution in [0.3, 0.4) is 0 Å². The summed E-state index contributed by atoms with van der Waals surface area (Å²) in [5.41, 5.74) is 0.682. The quantitative estimate of drug-likeness (QED) is 0.271. The van der Waals surface area contributed by atoms with Gasteiger partial charge in [0.05, 0.1) is 18.8 Å². The van der Waals surface area contributed by atoms with Crippen LogP contribution in [0, 0.1) is 0 Å². The van der Waals surface area contributed by atoms with Crippen molar-refractivity contribution < 1.29 is 28.4 Å². The van der Waals surface area contributed by atoms with Gasteiger partial charge in [-0.05, 0) is 37.0 Å². The summed E-state index contributed by atoms with van der Waals surface area (Å²) >= 11 is 0. The second-order valence-electron chi connectivity index (χ2n) is 7.20. The van der Waals surface area contributed by atoms with Gasteiger partial charge in [0.1, 0.15) is 5.75 Å². The summed E-state index contributed by atoms with van der Waals surface area (Å²) in [6, 6.07) is 6.53. The molecule has 1 aromatic rings. The number of hydrogen-bond acceptors (Lipinski definition) is 4. The Labute approximate surface area is 174 Å². The van der Waals surface area contributed by atoms with Crippen molar-refractivity contribution in [2.75, 3.05) is 6.61 Å². The highest BCUT2D eigenvalue weighted by molar-refractivity contribution is 7.46. The van der Waals surface area contributed by atoms with Crippen LogP contribution in [-0.2, 0) is 13.9 Å². The van der Waals surface area contributed by atoms with Gasteiger partial charge in [-0.15, -0.1) is 0 Å². The fraction of sp³-hybridized carbons (Fsp3) is 0.667. The minimum Gasteiger partial charge on any atom is -0.490 e. The van der Waals surface area contributed by atoms with Crippen molar-refractivity contribution >= 4 is 13.7 Å². The molecule has 0 saturated heterocycles. The molecule has 1 amide bonds. The van der Waals surface area contributed by atoms with E-state index >= 15 is 0 Å². The molecule has 0 radical (unpaired) electrons. The molecule has 0 aliphatic rings. The molecular weight excluding hydrogens is 393 g/mol. The van der Waals surface area contributed by atoms with Crippen LogP contribution in [-0.4, -0.2) is 28.4 Å². The Hall–Kier alpha value is -1.40. The van der Waals surface area contributed by atoms with Crippen molar-refractivity contribution in [2.45, 2.75) is 84.3 Å². The molecule has 1 rings (SSSR count). The van der Waals surface area contributed by atoms with Crippen molar-refractivity contribution in [3.05, 3.63) is 29.8 Å². The Morgan fingerprint density at radius 3 is 2.41 bits per heavy atom. The highest BCUT2D eigenvalue weighted by atomic mass is 31.2. The highest BCUT2D eigenvalue weighted by Crippen LogP contribution is 2.37. The highest BCUT2D eigenvalue weighted by Gasteiger charge is 2.21. The lowest BCUT2D eigenvalue weighted by Crippen LogP contribution is -2.31. The topological polar surface area (TPSA) is 105 Å². The maximum absolute atomic E-state index is 12.3. The Morgan fingerprint density at radius 1 is 1.10 bits per heavy atom. The number of carbonyl (C=O) groups is 1. The molecule has 1 atom stereocenters. The first-order chi connectivity index (χ1) is 13.8. The number of phosphoric acid groups is 1. The molecule has 166 valence electrons. The van der Waals surface area contributed by atoms with Gasteiger partial charge < -0.3 is 19.8 Å². The van der Waals surface area contributed by atoms with Crippen LogP contribution >= 0.6 is 7.82 Å². The van der Waals surface area contributed by atoms with E-state index in [1.807, 2.05) is 6.07 Å². The predicted octanol–water partition coefficient (Wildman–Crippen LogP) is 4.88. The third kappa shape index (κ3) is 11.4. The van der Waals surface area contributed by atoms with E-state index in [1.54, 1.807) is 18.2 Å². The Kier molecular flexibility index (Phi) is 12.2. The smallest absolute Gasteiger partial charge is 0.469 e. The van der Waals surface area contributed by atoms with E-state index in [0.717, 1.165) is 44.9 Å². The number of amides is 1. The average Bonchev–Trinajstić information content (AvgIpc) is 2.68. The number of phosphoric ester groups is 1. The first kappa shape index (κ1) is 25.6. The van der Waals surface area contributed by atoms with Gasteiger partial charge in [-0.2, -0.15) is 0 Å². The van der Waals surface area contributed by atoms with Crippen LogP contribution in [0.2, 0.25) is 0 Å². The number of hydrogen-bond donors (Lipinski definition) is 3. The van der Waals surface area contributed by atoms with Crippen molar-refractivity contribution in [3.8, 4) is 5.75 Å². The van der Waals surface area contributed by atoms with E-state index in [-0.39, 0.29) is 18.6 Å². The SMILES string of the molecule is CCCCCCCC(=O)NC(COP(=O)(O)O)c1cccc(OC(CC)CC)c1. The van der Waals surface area contributed by atoms with Gasteiger partial charge in [0, 0.05) is 6.42 Å². The minimum atomic E-state index is -4.64. The van der Waals surface area contributed by atoms with Gasteiger partial charge >= 0.3 is 7.82 Å². The van der Waals surface area contributed by atoms with Gasteiger partial charge in [-0.1, -0.05) is 58.6 Å². The number of carbonyl (C=O) groups excluding carboxylic acids is 1. The molecule has 0 aliphatic carbocycles. The van der Waals surface area contributed by atoms with Crippen molar-refractivity contribution in [1.82, 2.24) is 5.32 Å². The third-order valence-electron chi connectivity index (χ3n) is 4.73. The van der Waals surface area contributed by atoms with Crippen molar-refractivity contribution in [3.63, 3.8) is 0 Å². The van der Waals surface area contributed by atoms with Crippen LogP contribution < -0.4 is 10.1 Å². The first-order valence-corrected chi connectivity index (χ1v) is 12.1. The normalized spacial score (nSPS) is 12.8. The minimum absolute atomic E-state index is 0.0905. The van der Waals surface area contributed by atoms with E-state index in [4.69, 9.17) is 14.5 Å². The molecule has 7 nitrogen and oxygen atoms in total. The molecule has 0 fully saturated rings. The number of benzene rings is 1. The summed E-state index contributed by atoms with van der Waals surface area (Å²) in [6.45, 7) is 5.92. The van der Waals surface area contributed by atoms with Crippen LogP contribution in [0.15, 0.2) is 24.3 Å². The maximum Gasteiger partial charge on any atom is 0.469 e. The van der Waals surface area contributed by atoms with Gasteiger partial charge in [0.25, 0.3) is 0 Å². The standard InChI is InChI=1S/C21H36NO6P/c1-4-7-8-9-10-14-21(23)22-20(16-27-29(24,25)26)17-12-11-13-19(15-17)28-18(5-2)6-3/h11-13,15,18,20H,4-10,14,16H2,1-3H3,(H,22,23)(H2,24,25,26). The maximum atomic E-state index is 12.3. The molecule has 1 unspecified atom stereocenters. The predicted molar refractivity (Wildman–Crippen MR) is 114 cm³/mol. The van der Waals surface area contributed by atoms with E-state index in [0.29, 0.717) is 17.7 Å². The lowest BCUT2D eigenvalue weighted by molar-refractivity contribution is -0.122. The second kappa shape index (κ2) is 13.8. The van der Waals surface area contributed by atoms with E-state index < -0.39 is 13.9 Å². The van der Waals surface area contributed by atoms with Gasteiger partial charge in [-0.25, -0.2) is 4.57 Å². The van der Waals surface area contributed by atoms with Gasteiger partial charge in [0.2, 0.25) is 5.91 Å². The Bertz CT molecular complexity index is 644. The van der Waals surface area contributed by atoms with Gasteiger partial charge in [0.15, 0.2) is 0 Å². The second-order valence-corrected chi connectivity index (χ2v) is 8.44. The summed E-state index contributed by atoms with van der Waals surface area (Å²) < 4.78 is 21.8. The average molecular weight is 429 g/mol. The third-order valence-corrected chi connectivity index (χ3v) is 5.21. The summed E-state index contributed by atoms with van der Waals surface area (Å²) in [7, 11) is -4.64. The monoisotopic (exact) mass is 429 g/mol. The molecule has 1 aromatic carbocycles. The molecule has 0 saturated carbocycles. The largest absolute Gasteiger partial charge is 0.490 e. The fourth-order valence-electron chi connectivity index (χ4n) is 3.00. The van der Waals surface area contributed by atoms with E-state index in [2.05, 4.69) is 30.6 Å². The molecule has 0 aromatic heterocycles. The lowest BCUT2D eigenvalue weighted by Gasteiger charge is -2.21. The Balaban J connectivity index is 2.80. The van der Waals surface area contributed by atoms with Crippen molar-refractivity contribution in [1.29, 1.82) is 0 Å². The summed E-state index contributed by atoms with van der Waals surface area (Å²) in [5, 5.41) is 2.84. The number of nitrogens with one attached hydrogen (secondary N) is 1. The molecular formula is C21H36NO6P. The molecule has 29 heavy (non-hydrogen) atoms.